The number of likely N-dealkylation sites (tertiary alicyclic amines) is 1. The second-order valence-corrected chi connectivity index (χ2v) is 23.2. The number of nitrogens with one attached hydrogen (secondary N) is 7. The number of ether oxygens (including phenoxy) is 1. The van der Waals surface area contributed by atoms with Gasteiger partial charge in [-0.1, -0.05) is 97.2 Å². The molecule has 2 aromatic carbocycles. The van der Waals surface area contributed by atoms with Crippen molar-refractivity contribution >= 4 is 86.6 Å². The molecule has 7 atom stereocenters. The molecule has 3 fully saturated rings. The lowest BCUT2D eigenvalue weighted by Gasteiger charge is -2.37. The van der Waals surface area contributed by atoms with Crippen molar-refractivity contribution in [3.63, 3.8) is 0 Å². The smallest absolute Gasteiger partial charge is 0.246 e. The molecule has 26 heteroatoms. The summed E-state index contributed by atoms with van der Waals surface area (Å²) in [6, 6.07) is 6.83. The van der Waals surface area contributed by atoms with Crippen molar-refractivity contribution in [1.29, 1.82) is 0 Å². The van der Waals surface area contributed by atoms with Crippen LogP contribution in [0.4, 0.5) is 0 Å². The average Bonchev–Trinajstić information content (AvgIpc) is 3.91. The van der Waals surface area contributed by atoms with Crippen LogP contribution in [0.1, 0.15) is 103 Å². The third kappa shape index (κ3) is 20.0. The average molecular weight is 1140 g/mol. The highest BCUT2D eigenvalue weighted by Crippen LogP contribution is 2.48. The van der Waals surface area contributed by atoms with Crippen LogP contribution in [0.5, 0.6) is 5.75 Å². The lowest BCUT2D eigenvalue weighted by atomic mass is 9.85. The Morgan fingerprint density at radius 1 is 0.772 bits per heavy atom. The third-order valence-electron chi connectivity index (χ3n) is 13.7. The van der Waals surface area contributed by atoms with Gasteiger partial charge in [0, 0.05) is 42.9 Å². The molecular formula is C53H77N13O11S2. The molecule has 0 radical (unpaired) electrons. The molecule has 3 aliphatic rings. The van der Waals surface area contributed by atoms with Crippen molar-refractivity contribution < 1.29 is 52.7 Å². The summed E-state index contributed by atoms with van der Waals surface area (Å²) in [6.45, 7) is 5.28. The van der Waals surface area contributed by atoms with Gasteiger partial charge in [-0.25, -0.2) is 0 Å². The number of amides is 10. The highest BCUT2D eigenvalue weighted by molar-refractivity contribution is 8.77. The van der Waals surface area contributed by atoms with E-state index in [-0.39, 0.29) is 63.3 Å². The lowest BCUT2D eigenvalue weighted by Crippen LogP contribution is -2.61. The number of primary amides is 2. The zero-order valence-corrected chi connectivity index (χ0v) is 46.7. The zero-order valence-electron chi connectivity index (χ0n) is 45.1. The second kappa shape index (κ2) is 30.9. The van der Waals surface area contributed by atoms with Crippen LogP contribution in [-0.2, 0) is 60.8 Å². The van der Waals surface area contributed by atoms with Crippen LogP contribution < -0.4 is 64.9 Å². The number of guanidine groups is 1. The standard InChI is InChI=1S/C53H77N13O11S2/c1-4-77-34-19-17-33(18-20-34)26-36-46(71)62-37(25-32-13-7-5-8-14-32)48(73)65-44(31(2)3)50(75)63-38(27-41(54)67)47(72)64-39(30-78-79-53(28-43(69)60-36)21-9-6-10-22-53)51(76)66-24-12-16-40(66)49(74)61-35(15-11-23-58-52(56)57)45(70)59-29-42(55)68/h5,7-8,13-14,17-20,31,35-40,44H,4,6,9-12,15-16,21-30H2,1-3H3,(H2,54,67)(H2,55,68)(H,59,70)(H,60,69)(H,61,74)(H,62,71)(H,63,75)(H,64,72)(H,65,73)(H4,56,57,58)/t35-,36-,37-,38-,39+,40-,44-/m0/s1. The molecule has 0 bridgehead atoms. The Kier molecular flexibility index (Phi) is 24.5. The van der Waals surface area contributed by atoms with Gasteiger partial charge in [0.15, 0.2) is 5.96 Å². The number of benzene rings is 2. The topological polar surface area (TPSA) is 384 Å². The van der Waals surface area contributed by atoms with Gasteiger partial charge in [0.25, 0.3) is 0 Å². The highest BCUT2D eigenvalue weighted by atomic mass is 33.1. The number of hydrogen-bond acceptors (Lipinski definition) is 14. The predicted octanol–water partition coefficient (Wildman–Crippen LogP) is -0.555. The first-order valence-corrected chi connectivity index (χ1v) is 29.1. The van der Waals surface area contributed by atoms with Crippen LogP contribution >= 0.6 is 21.6 Å². The highest BCUT2D eigenvalue weighted by Gasteiger charge is 2.42. The van der Waals surface area contributed by atoms with Gasteiger partial charge >= 0.3 is 0 Å². The normalized spacial score (nSPS) is 22.9. The third-order valence-corrected chi connectivity index (χ3v) is 17.0. The minimum Gasteiger partial charge on any atom is -0.494 e. The molecule has 1 aliphatic carbocycles. The van der Waals surface area contributed by atoms with Crippen molar-refractivity contribution in [2.45, 2.75) is 151 Å². The summed E-state index contributed by atoms with van der Waals surface area (Å²) in [5.41, 5.74) is 23.2. The first-order chi connectivity index (χ1) is 37.7. The Morgan fingerprint density at radius 2 is 1.41 bits per heavy atom. The number of rotatable bonds is 19. The van der Waals surface area contributed by atoms with E-state index in [0.29, 0.717) is 42.7 Å². The van der Waals surface area contributed by atoms with Gasteiger partial charge in [0.05, 0.1) is 19.6 Å². The van der Waals surface area contributed by atoms with Crippen LogP contribution in [0.3, 0.4) is 0 Å². The summed E-state index contributed by atoms with van der Waals surface area (Å²) in [7, 11) is 2.59. The summed E-state index contributed by atoms with van der Waals surface area (Å²) in [5.74, 6) is -7.88. The summed E-state index contributed by atoms with van der Waals surface area (Å²) in [4.78, 5) is 144. The van der Waals surface area contributed by atoms with Crippen molar-refractivity contribution in [2.24, 2.45) is 33.8 Å². The zero-order chi connectivity index (χ0) is 57.6. The van der Waals surface area contributed by atoms with Gasteiger partial charge in [0.1, 0.15) is 48.0 Å². The van der Waals surface area contributed by atoms with Crippen LogP contribution in [0.2, 0.25) is 0 Å². The molecule has 1 saturated carbocycles. The van der Waals surface area contributed by atoms with Gasteiger partial charge in [-0.05, 0) is 74.6 Å². The largest absolute Gasteiger partial charge is 0.494 e. The number of nitrogens with zero attached hydrogens (tertiary/aromatic N) is 2. The minimum absolute atomic E-state index is 0.0131. The van der Waals surface area contributed by atoms with Crippen molar-refractivity contribution in [2.75, 3.05) is 32.0 Å². The van der Waals surface area contributed by atoms with Crippen LogP contribution in [0, 0.1) is 5.92 Å². The van der Waals surface area contributed by atoms with Crippen LogP contribution in [0.15, 0.2) is 59.6 Å². The Labute approximate surface area is 468 Å². The number of nitrogens with two attached hydrogens (primary N) is 4. The molecule has 0 unspecified atom stereocenters. The first kappa shape index (κ1) is 62.7. The van der Waals surface area contributed by atoms with Gasteiger partial charge in [-0.2, -0.15) is 0 Å². The molecule has 79 heavy (non-hydrogen) atoms. The Hall–Kier alpha value is -7.09. The maximum absolute atomic E-state index is 15.0. The molecule has 1 spiro atoms. The summed E-state index contributed by atoms with van der Waals surface area (Å²) in [5, 5.41) is 19.0. The molecule has 2 saturated heterocycles. The number of carbonyl (C=O) groups is 10. The maximum atomic E-state index is 15.0. The molecule has 24 nitrogen and oxygen atoms in total. The van der Waals surface area contributed by atoms with E-state index in [0.717, 1.165) is 19.3 Å². The van der Waals surface area contributed by atoms with Crippen molar-refractivity contribution in [3.05, 3.63) is 65.7 Å². The fourth-order valence-electron chi connectivity index (χ4n) is 9.66. The van der Waals surface area contributed by atoms with Gasteiger partial charge in [-0.15, -0.1) is 0 Å². The van der Waals surface area contributed by atoms with Gasteiger partial charge in [-0.3, -0.25) is 52.9 Å². The first-order valence-electron chi connectivity index (χ1n) is 26.7. The molecule has 2 aromatic rings. The van der Waals surface area contributed by atoms with E-state index in [1.54, 1.807) is 68.4 Å². The summed E-state index contributed by atoms with van der Waals surface area (Å²) >= 11 is 0. The van der Waals surface area contributed by atoms with Crippen molar-refractivity contribution in [3.8, 4) is 5.75 Å². The molecule has 15 N–H and O–H groups in total. The van der Waals surface area contributed by atoms with E-state index in [4.69, 9.17) is 27.7 Å². The predicted molar refractivity (Wildman–Crippen MR) is 299 cm³/mol. The maximum Gasteiger partial charge on any atom is 0.246 e. The number of aliphatic imine (C=N–C) groups is 1. The summed E-state index contributed by atoms with van der Waals surface area (Å²) < 4.78 is 4.92. The van der Waals surface area contributed by atoms with Crippen LogP contribution in [0.25, 0.3) is 0 Å². The molecule has 2 aliphatic heterocycles. The molecule has 0 aromatic heterocycles. The van der Waals surface area contributed by atoms with E-state index in [2.05, 4.69) is 42.2 Å². The van der Waals surface area contributed by atoms with E-state index in [1.165, 1.54) is 26.5 Å². The van der Waals surface area contributed by atoms with Gasteiger partial charge in [0.2, 0.25) is 59.1 Å². The molecule has 2 heterocycles. The molecule has 5 rings (SSSR count). The van der Waals surface area contributed by atoms with E-state index in [9.17, 15) is 47.9 Å². The fraction of sp³-hybridized carbons (Fsp3) is 0.566. The van der Waals surface area contributed by atoms with Crippen molar-refractivity contribution in [1.82, 2.24) is 42.1 Å². The molecular weight excluding hydrogens is 1060 g/mol. The second-order valence-electron chi connectivity index (χ2n) is 20.3. The monoisotopic (exact) mass is 1140 g/mol. The fourth-order valence-corrected chi connectivity index (χ4v) is 13.0. The number of hydrogen-bond donors (Lipinski definition) is 11. The van der Waals surface area contributed by atoms with E-state index >= 15 is 0 Å². The lowest BCUT2D eigenvalue weighted by molar-refractivity contribution is -0.142. The Morgan fingerprint density at radius 3 is 2.04 bits per heavy atom. The van der Waals surface area contributed by atoms with Gasteiger partial charge < -0.3 is 69.8 Å². The van der Waals surface area contributed by atoms with E-state index < -0.39 is 125 Å². The Balaban J connectivity index is 1.52. The number of carbonyl (C=O) groups excluding carboxylic acids is 10. The molecule has 432 valence electrons. The Bertz CT molecular complexity index is 2490. The summed E-state index contributed by atoms with van der Waals surface area (Å²) in [6.07, 6.45) is 3.75. The van der Waals surface area contributed by atoms with E-state index in [1.807, 2.05) is 6.92 Å². The molecule has 10 amide bonds. The minimum atomic E-state index is -1.66. The van der Waals surface area contributed by atoms with Crippen LogP contribution in [-0.4, -0.2) is 149 Å². The SMILES string of the molecule is CCOc1ccc(C[C@@H]2NC(=O)CC3(CCCCC3)SSC[C@H](C(=O)N3CCC[C@H]3C(=O)N[C@@H](CCCN=C(N)N)C(=O)NCC(N)=O)NC(=O)[C@H](CC(N)=O)NC(=O)[C@H](C(C)C)NC(=O)[C@H](Cc3ccccc3)NC2=O)cc1. The quantitative estimate of drug-likeness (QED) is 0.0364.